The Morgan fingerprint density at radius 3 is 2.54 bits per heavy atom. The monoisotopic (exact) mass is 497 g/mol. The maximum Gasteiger partial charge on any atom is 0.261 e. The predicted octanol–water partition coefficient (Wildman–Crippen LogP) is 0.194. The van der Waals surface area contributed by atoms with E-state index in [0.29, 0.717) is 28.8 Å². The average molecular weight is 498 g/mol. The first-order valence-corrected chi connectivity index (χ1v) is 11.4. The smallest absolute Gasteiger partial charge is 0.261 e. The van der Waals surface area contributed by atoms with Gasteiger partial charge < -0.3 is 27.6 Å². The van der Waals surface area contributed by atoms with Gasteiger partial charge in [0.05, 0.1) is 23.8 Å². The Balaban J connectivity index is 0.00000342. The molecule has 8 heteroatoms. The van der Waals surface area contributed by atoms with E-state index in [1.807, 2.05) is 37.3 Å². The molecule has 1 heterocycles. The molecule has 0 saturated carbocycles. The lowest BCUT2D eigenvalue weighted by atomic mass is 10.0. The summed E-state index contributed by atoms with van der Waals surface area (Å²) in [5.74, 6) is 0.325. The lowest BCUT2D eigenvalue weighted by molar-refractivity contribution is -0.694. The Kier molecular flexibility index (Phi) is 9.37. The van der Waals surface area contributed by atoms with E-state index in [0.717, 1.165) is 18.5 Å². The molecule has 3 N–H and O–H groups in total. The number of aliphatic hydroxyl groups is 1. The van der Waals surface area contributed by atoms with E-state index in [9.17, 15) is 14.3 Å². The summed E-state index contributed by atoms with van der Waals surface area (Å²) < 4.78 is 21.0. The number of halogens is 2. The molecule has 0 radical (unpaired) electrons. The van der Waals surface area contributed by atoms with Gasteiger partial charge in [-0.1, -0.05) is 42.5 Å². The maximum atomic E-state index is 13.7. The summed E-state index contributed by atoms with van der Waals surface area (Å²) >= 11 is 0. The molecule has 0 bridgehead atoms. The van der Waals surface area contributed by atoms with Crippen LogP contribution in [-0.2, 0) is 13.2 Å². The van der Waals surface area contributed by atoms with E-state index in [1.165, 1.54) is 6.07 Å². The van der Waals surface area contributed by atoms with Gasteiger partial charge in [-0.3, -0.25) is 9.36 Å². The zero-order valence-electron chi connectivity index (χ0n) is 19.5. The number of rotatable bonds is 10. The molecular weight excluding hydrogens is 469 g/mol. The van der Waals surface area contributed by atoms with Crippen LogP contribution < -0.4 is 28.0 Å². The van der Waals surface area contributed by atoms with Crippen molar-refractivity contribution in [2.75, 3.05) is 6.54 Å². The Morgan fingerprint density at radius 2 is 1.77 bits per heavy atom. The minimum atomic E-state index is -0.648. The van der Waals surface area contributed by atoms with E-state index in [-0.39, 0.29) is 36.4 Å². The third-order valence-electron chi connectivity index (χ3n) is 5.94. The molecule has 2 unspecified atom stereocenters. The highest BCUT2D eigenvalue weighted by Gasteiger charge is 2.19. The van der Waals surface area contributed by atoms with Crippen LogP contribution in [0.2, 0.25) is 0 Å². The van der Waals surface area contributed by atoms with E-state index >= 15 is 0 Å². The van der Waals surface area contributed by atoms with Crippen LogP contribution in [0, 0.1) is 5.82 Å². The molecule has 4 aromatic rings. The molecule has 0 aliphatic carbocycles. The normalized spacial score (nSPS) is 12.7. The fourth-order valence-electron chi connectivity index (χ4n) is 3.88. The lowest BCUT2D eigenvalue weighted by Crippen LogP contribution is -3.00. The van der Waals surface area contributed by atoms with Crippen LogP contribution in [0.1, 0.15) is 30.6 Å². The number of aromatic nitrogens is 2. The van der Waals surface area contributed by atoms with Crippen LogP contribution in [0.4, 0.5) is 4.39 Å². The maximum absolute atomic E-state index is 13.7. The Morgan fingerprint density at radius 1 is 1.06 bits per heavy atom. The summed E-state index contributed by atoms with van der Waals surface area (Å²) in [7, 11) is 0. The number of fused-ring (bicyclic) bond motifs is 1. The molecular formula is C27H29ClFN3O3. The van der Waals surface area contributed by atoms with E-state index in [4.69, 9.17) is 4.74 Å². The highest BCUT2D eigenvalue weighted by atomic mass is 35.5. The van der Waals surface area contributed by atoms with Gasteiger partial charge in [-0.25, -0.2) is 9.37 Å². The Hall–Kier alpha value is -3.26. The van der Waals surface area contributed by atoms with Gasteiger partial charge in [-0.15, -0.1) is 0 Å². The molecule has 3 aromatic carbocycles. The van der Waals surface area contributed by atoms with Crippen molar-refractivity contribution >= 4 is 10.9 Å². The first-order valence-electron chi connectivity index (χ1n) is 11.4. The molecule has 4 rings (SSSR count). The largest absolute Gasteiger partial charge is 1.00 e. The second-order valence-electron chi connectivity index (χ2n) is 8.39. The first kappa shape index (κ1) is 26.3. The number of para-hydroxylation sites is 1. The third-order valence-corrected chi connectivity index (χ3v) is 5.94. The van der Waals surface area contributed by atoms with Crippen molar-refractivity contribution in [3.63, 3.8) is 0 Å². The van der Waals surface area contributed by atoms with Gasteiger partial charge in [0.25, 0.3) is 5.56 Å². The summed E-state index contributed by atoms with van der Waals surface area (Å²) in [5, 5.41) is 13.4. The van der Waals surface area contributed by atoms with Gasteiger partial charge >= 0.3 is 0 Å². The summed E-state index contributed by atoms with van der Waals surface area (Å²) in [4.78, 5) is 16.9. The number of nitrogens with two attached hydrogens (primary N) is 1. The second kappa shape index (κ2) is 12.4. The topological polar surface area (TPSA) is 81.0 Å². The zero-order chi connectivity index (χ0) is 23.9. The van der Waals surface area contributed by atoms with E-state index in [1.54, 1.807) is 47.3 Å². The average Bonchev–Trinajstić information content (AvgIpc) is 2.87. The first-order chi connectivity index (χ1) is 16.5. The molecule has 0 fully saturated rings. The van der Waals surface area contributed by atoms with E-state index in [2.05, 4.69) is 10.3 Å². The SMILES string of the molecule is CC([NH2+]CCCn1cnc2ccccc2c1=O)C(O)c1ccc(OCc2ccccc2F)cc1.[Cl-]. The number of hydrogen-bond donors (Lipinski definition) is 2. The fraction of sp³-hybridized carbons (Fsp3) is 0.259. The lowest BCUT2D eigenvalue weighted by Gasteiger charge is -2.18. The quantitative estimate of drug-likeness (QED) is 0.307. The number of quaternary nitrogens is 1. The highest BCUT2D eigenvalue weighted by Crippen LogP contribution is 2.20. The summed E-state index contributed by atoms with van der Waals surface area (Å²) in [5.41, 5.74) is 1.96. The van der Waals surface area contributed by atoms with Crippen molar-refractivity contribution in [1.29, 1.82) is 0 Å². The second-order valence-corrected chi connectivity index (χ2v) is 8.39. The molecule has 2 atom stereocenters. The van der Waals surface area contributed by atoms with Crippen LogP contribution >= 0.6 is 0 Å². The fourth-order valence-corrected chi connectivity index (χ4v) is 3.88. The van der Waals surface area contributed by atoms with Gasteiger partial charge in [0.15, 0.2) is 0 Å². The number of aliphatic hydroxyl groups excluding tert-OH is 1. The van der Waals surface area contributed by atoms with Crippen LogP contribution in [0.5, 0.6) is 5.75 Å². The van der Waals surface area contributed by atoms with Gasteiger partial charge in [-0.2, -0.15) is 0 Å². The van der Waals surface area contributed by atoms with Gasteiger partial charge in [0.1, 0.15) is 30.3 Å². The molecule has 6 nitrogen and oxygen atoms in total. The van der Waals surface area contributed by atoms with Crippen molar-refractivity contribution in [1.82, 2.24) is 9.55 Å². The molecule has 1 aromatic heterocycles. The van der Waals surface area contributed by atoms with Crippen LogP contribution in [0.25, 0.3) is 10.9 Å². The Bertz CT molecular complexity index is 1300. The molecule has 35 heavy (non-hydrogen) atoms. The molecule has 0 saturated heterocycles. The minimum absolute atomic E-state index is 0. The van der Waals surface area contributed by atoms with Crippen molar-refractivity contribution in [3.05, 3.63) is 106 Å². The standard InChI is InChI=1S/C27H28FN3O3.ClH/c1-19(29-15-6-16-31-18-30-25-10-5-3-8-23(25)27(31)33)26(32)20-11-13-22(14-12-20)34-17-21-7-2-4-9-24(21)28;/h2-5,7-14,18-19,26,29,32H,6,15-17H2,1H3;1H. The highest BCUT2D eigenvalue weighted by molar-refractivity contribution is 5.76. The van der Waals surface area contributed by atoms with Crippen molar-refractivity contribution in [2.24, 2.45) is 0 Å². The van der Waals surface area contributed by atoms with Crippen molar-refractivity contribution < 1.29 is 32.0 Å². The van der Waals surface area contributed by atoms with Crippen LogP contribution in [0.15, 0.2) is 83.9 Å². The van der Waals surface area contributed by atoms with E-state index < -0.39 is 6.10 Å². The molecule has 0 spiro atoms. The van der Waals surface area contributed by atoms with Gasteiger partial charge in [0, 0.05) is 18.5 Å². The molecule has 0 aliphatic rings. The minimum Gasteiger partial charge on any atom is -1.00 e. The number of benzene rings is 3. The molecule has 0 amide bonds. The molecule has 0 aliphatic heterocycles. The number of aryl methyl sites for hydroxylation is 1. The number of ether oxygens (including phenoxy) is 1. The number of nitrogens with zero attached hydrogens (tertiary/aromatic N) is 2. The summed E-state index contributed by atoms with van der Waals surface area (Å²) in [6, 6.07) is 21.0. The molecule has 184 valence electrons. The summed E-state index contributed by atoms with van der Waals surface area (Å²) in [6.45, 7) is 3.46. The van der Waals surface area contributed by atoms with Gasteiger partial charge in [-0.05, 0) is 42.8 Å². The Labute approximate surface area is 209 Å². The van der Waals surface area contributed by atoms with Crippen LogP contribution in [0.3, 0.4) is 0 Å². The number of hydrogen-bond acceptors (Lipinski definition) is 4. The van der Waals surface area contributed by atoms with Gasteiger partial charge in [0.2, 0.25) is 0 Å². The third kappa shape index (κ3) is 6.66. The van der Waals surface area contributed by atoms with Crippen molar-refractivity contribution in [3.8, 4) is 5.75 Å². The predicted molar refractivity (Wildman–Crippen MR) is 129 cm³/mol. The van der Waals surface area contributed by atoms with Crippen molar-refractivity contribution in [2.45, 2.75) is 38.6 Å². The summed E-state index contributed by atoms with van der Waals surface area (Å²) in [6.07, 6.45) is 1.73. The van der Waals surface area contributed by atoms with Crippen LogP contribution in [-0.4, -0.2) is 27.2 Å². The zero-order valence-corrected chi connectivity index (χ0v) is 20.2.